The summed E-state index contributed by atoms with van der Waals surface area (Å²) in [7, 11) is 0. The van der Waals surface area contributed by atoms with Crippen LogP contribution in [0.25, 0.3) is 0 Å². The number of alkyl halides is 3. The van der Waals surface area contributed by atoms with Crippen LogP contribution < -0.4 is 0 Å². The van der Waals surface area contributed by atoms with Gasteiger partial charge in [0.25, 0.3) is 0 Å². The summed E-state index contributed by atoms with van der Waals surface area (Å²) >= 11 is 2.33. The zero-order valence-electron chi connectivity index (χ0n) is 7.91. The molecule has 3 heteroatoms. The maximum atomic E-state index is 12.4. The molecule has 12 heavy (non-hydrogen) atoms. The van der Waals surface area contributed by atoms with Crippen LogP contribution in [0.3, 0.4) is 0 Å². The maximum Gasteiger partial charge on any atom is 0.245 e. The van der Waals surface area contributed by atoms with E-state index in [-0.39, 0.29) is 6.42 Å². The summed E-state index contributed by atoms with van der Waals surface area (Å²) in [5.41, 5.74) is 0. The maximum absolute atomic E-state index is 12.4. The van der Waals surface area contributed by atoms with E-state index in [0.717, 1.165) is 13.3 Å². The fraction of sp³-hybridized carbons (Fsp3) is 1.00. The highest BCUT2D eigenvalue weighted by Crippen LogP contribution is 2.24. The van der Waals surface area contributed by atoms with Crippen LogP contribution in [-0.4, -0.2) is 9.85 Å². The summed E-state index contributed by atoms with van der Waals surface area (Å²) in [5, 5.41) is 0. The Hall–Kier alpha value is 0.590. The first-order chi connectivity index (χ1) is 5.31. The molecule has 0 aliphatic carbocycles. The molecule has 0 radical (unpaired) electrons. The first kappa shape index (κ1) is 12.6. The topological polar surface area (TPSA) is 0 Å². The monoisotopic (exact) mass is 290 g/mol. The van der Waals surface area contributed by atoms with Crippen LogP contribution in [0.15, 0.2) is 0 Å². The molecule has 0 saturated carbocycles. The second-order valence-corrected chi connectivity index (χ2v) is 5.86. The summed E-state index contributed by atoms with van der Waals surface area (Å²) in [6.45, 7) is 5.15. The van der Waals surface area contributed by atoms with Gasteiger partial charge in [0.05, 0.1) is 0 Å². The molecule has 0 bridgehead atoms. The van der Waals surface area contributed by atoms with Crippen LogP contribution in [0, 0.1) is 5.92 Å². The van der Waals surface area contributed by atoms with E-state index in [1.165, 1.54) is 0 Å². The molecule has 0 aliphatic rings. The summed E-state index contributed by atoms with van der Waals surface area (Å²) in [6, 6.07) is 0. The highest BCUT2D eigenvalue weighted by molar-refractivity contribution is 14.1. The minimum atomic E-state index is -2.48. The second-order valence-electron chi connectivity index (χ2n) is 3.73. The molecule has 0 aromatic carbocycles. The summed E-state index contributed by atoms with van der Waals surface area (Å²) in [6.07, 6.45) is 1.70. The van der Waals surface area contributed by atoms with Crippen molar-refractivity contribution in [2.45, 2.75) is 49.9 Å². The van der Waals surface area contributed by atoms with Crippen molar-refractivity contribution in [1.29, 1.82) is 0 Å². The van der Waals surface area contributed by atoms with Crippen molar-refractivity contribution in [2.75, 3.05) is 0 Å². The fourth-order valence-electron chi connectivity index (χ4n) is 1.17. The van der Waals surface area contributed by atoms with Gasteiger partial charge in [-0.3, -0.25) is 0 Å². The Morgan fingerprint density at radius 3 is 2.17 bits per heavy atom. The minimum absolute atomic E-state index is 0.0253. The highest BCUT2D eigenvalue weighted by Gasteiger charge is 2.21. The van der Waals surface area contributed by atoms with Crippen molar-refractivity contribution >= 4 is 22.6 Å². The molecule has 0 N–H and O–H groups in total. The average Bonchev–Trinajstić information content (AvgIpc) is 1.80. The van der Waals surface area contributed by atoms with Gasteiger partial charge in [0.15, 0.2) is 0 Å². The molecule has 0 aromatic rings. The molecule has 0 aliphatic heterocycles. The molecule has 0 spiro atoms. The summed E-state index contributed by atoms with van der Waals surface area (Å²) < 4.78 is 25.4. The van der Waals surface area contributed by atoms with Crippen molar-refractivity contribution < 1.29 is 8.78 Å². The molecule has 1 unspecified atom stereocenters. The number of hydrogen-bond acceptors (Lipinski definition) is 0. The zero-order valence-corrected chi connectivity index (χ0v) is 10.1. The first-order valence-corrected chi connectivity index (χ1v) is 5.57. The van der Waals surface area contributed by atoms with Crippen LogP contribution in [0.4, 0.5) is 8.78 Å². The van der Waals surface area contributed by atoms with Gasteiger partial charge in [0, 0.05) is 10.3 Å². The van der Waals surface area contributed by atoms with Gasteiger partial charge in [-0.1, -0.05) is 36.4 Å². The lowest BCUT2D eigenvalue weighted by atomic mass is 9.98. The van der Waals surface area contributed by atoms with Crippen LogP contribution in [0.1, 0.15) is 40.0 Å². The van der Waals surface area contributed by atoms with Crippen LogP contribution >= 0.6 is 22.6 Å². The Bertz CT molecular complexity index is 118. The third kappa shape index (κ3) is 8.68. The Labute approximate surface area is 87.3 Å². The molecule has 0 fully saturated rings. The zero-order chi connectivity index (χ0) is 9.78. The van der Waals surface area contributed by atoms with Crippen LogP contribution in [0.2, 0.25) is 0 Å². The van der Waals surface area contributed by atoms with Crippen molar-refractivity contribution in [1.82, 2.24) is 0 Å². The fourth-order valence-corrected chi connectivity index (χ4v) is 2.04. The van der Waals surface area contributed by atoms with E-state index in [0.29, 0.717) is 16.3 Å². The van der Waals surface area contributed by atoms with Gasteiger partial charge < -0.3 is 0 Å². The van der Waals surface area contributed by atoms with Crippen molar-refractivity contribution in [3.8, 4) is 0 Å². The molecule has 2 atom stereocenters. The molecule has 0 rings (SSSR count). The standard InChI is InChI=1S/C9H17F2I/c1-7(6-8(2)12)4-5-9(3,10)11/h7-8H,4-6H2,1-3H3/t7-,8?/m1/s1. The normalized spacial score (nSPS) is 17.5. The number of halogens is 3. The van der Waals surface area contributed by atoms with E-state index in [2.05, 4.69) is 29.5 Å². The van der Waals surface area contributed by atoms with E-state index in [1.807, 2.05) is 6.92 Å². The lowest BCUT2D eigenvalue weighted by Crippen LogP contribution is -2.12. The second kappa shape index (κ2) is 5.35. The van der Waals surface area contributed by atoms with E-state index < -0.39 is 5.92 Å². The quantitative estimate of drug-likeness (QED) is 0.524. The first-order valence-electron chi connectivity index (χ1n) is 4.33. The van der Waals surface area contributed by atoms with E-state index in [1.54, 1.807) is 0 Å². The molecular weight excluding hydrogens is 273 g/mol. The molecule has 0 heterocycles. The van der Waals surface area contributed by atoms with Gasteiger partial charge in [-0.2, -0.15) is 0 Å². The van der Waals surface area contributed by atoms with Gasteiger partial charge >= 0.3 is 0 Å². The smallest absolute Gasteiger partial charge is 0.207 e. The average molecular weight is 290 g/mol. The summed E-state index contributed by atoms with van der Waals surface area (Å²) in [5.74, 6) is -2.06. The largest absolute Gasteiger partial charge is 0.245 e. The summed E-state index contributed by atoms with van der Waals surface area (Å²) in [4.78, 5) is 0. The highest BCUT2D eigenvalue weighted by atomic mass is 127. The SMILES string of the molecule is CC(I)C[C@H](C)CCC(C)(F)F. The van der Waals surface area contributed by atoms with Gasteiger partial charge in [-0.05, 0) is 25.7 Å². The third-order valence-electron chi connectivity index (χ3n) is 1.80. The Morgan fingerprint density at radius 1 is 1.33 bits per heavy atom. The van der Waals surface area contributed by atoms with Crippen LogP contribution in [0.5, 0.6) is 0 Å². The van der Waals surface area contributed by atoms with Gasteiger partial charge in [0.1, 0.15) is 0 Å². The minimum Gasteiger partial charge on any atom is -0.207 e. The molecule has 0 nitrogen and oxygen atoms in total. The molecule has 0 aromatic heterocycles. The van der Waals surface area contributed by atoms with Gasteiger partial charge in [-0.25, -0.2) is 8.78 Å². The Balaban J connectivity index is 3.51. The predicted molar refractivity (Wildman–Crippen MR) is 57.1 cm³/mol. The van der Waals surface area contributed by atoms with E-state index in [9.17, 15) is 8.78 Å². The molecule has 74 valence electrons. The Morgan fingerprint density at radius 2 is 1.83 bits per heavy atom. The molecular formula is C9H17F2I. The van der Waals surface area contributed by atoms with Crippen LogP contribution in [-0.2, 0) is 0 Å². The number of hydrogen-bond donors (Lipinski definition) is 0. The van der Waals surface area contributed by atoms with E-state index in [4.69, 9.17) is 0 Å². The third-order valence-corrected chi connectivity index (χ3v) is 2.31. The van der Waals surface area contributed by atoms with Crippen molar-refractivity contribution in [3.05, 3.63) is 0 Å². The lowest BCUT2D eigenvalue weighted by molar-refractivity contribution is 0.00701. The lowest BCUT2D eigenvalue weighted by Gasteiger charge is -2.15. The van der Waals surface area contributed by atoms with E-state index >= 15 is 0 Å². The Kier molecular flexibility index (Phi) is 5.61. The van der Waals surface area contributed by atoms with Gasteiger partial charge in [0.2, 0.25) is 5.92 Å². The molecule has 0 amide bonds. The van der Waals surface area contributed by atoms with Crippen molar-refractivity contribution in [3.63, 3.8) is 0 Å². The number of rotatable bonds is 5. The predicted octanol–water partition coefficient (Wildman–Crippen LogP) is 4.27. The van der Waals surface area contributed by atoms with Crippen molar-refractivity contribution in [2.24, 2.45) is 5.92 Å². The van der Waals surface area contributed by atoms with Gasteiger partial charge in [-0.15, -0.1) is 0 Å². The molecule has 0 saturated heterocycles.